The highest BCUT2D eigenvalue weighted by Crippen LogP contribution is 2.11. The Hall–Kier alpha value is -0.530. The molecule has 0 spiro atoms. The van der Waals surface area contributed by atoms with Crippen LogP contribution >= 0.6 is 0 Å². The Morgan fingerprint density at radius 2 is 1.86 bits per heavy atom. The predicted molar refractivity (Wildman–Crippen MR) is 61.2 cm³/mol. The molecule has 0 aliphatic heterocycles. The van der Waals surface area contributed by atoms with Crippen molar-refractivity contribution >= 4 is 5.91 Å². The Morgan fingerprint density at radius 3 is 2.29 bits per heavy atom. The van der Waals surface area contributed by atoms with Gasteiger partial charge in [0.05, 0.1) is 0 Å². The largest absolute Gasteiger partial charge is 0.354 e. The Kier molecular flexibility index (Phi) is 7.54. The summed E-state index contributed by atoms with van der Waals surface area (Å²) in [5.74, 6) is 0.836. The summed E-state index contributed by atoms with van der Waals surface area (Å²) in [6, 6.07) is 0.398. The van der Waals surface area contributed by atoms with Crippen LogP contribution in [0.4, 0.5) is 0 Å². The minimum Gasteiger partial charge on any atom is -0.354 e. The zero-order valence-corrected chi connectivity index (χ0v) is 10.1. The van der Waals surface area contributed by atoms with Crippen LogP contribution in [0, 0.1) is 5.92 Å². The normalized spacial score (nSPS) is 12.9. The van der Waals surface area contributed by atoms with Crippen LogP contribution in [0.5, 0.6) is 0 Å². The zero-order chi connectivity index (χ0) is 11.0. The van der Waals surface area contributed by atoms with E-state index in [-0.39, 0.29) is 5.91 Å². The topological polar surface area (TPSA) is 29.1 Å². The van der Waals surface area contributed by atoms with Crippen LogP contribution in [0.2, 0.25) is 0 Å². The van der Waals surface area contributed by atoms with E-state index >= 15 is 0 Å². The number of hydrogen-bond donors (Lipinski definition) is 1. The molecule has 2 heteroatoms. The molecule has 2 nitrogen and oxygen atoms in total. The Morgan fingerprint density at radius 1 is 1.21 bits per heavy atom. The SMILES string of the molecule is CCCCC(CCC(C)C)NC(C)=O. The van der Waals surface area contributed by atoms with Crippen molar-refractivity contribution in [1.82, 2.24) is 5.32 Å². The lowest BCUT2D eigenvalue weighted by molar-refractivity contribution is -0.119. The van der Waals surface area contributed by atoms with Crippen LogP contribution in [0.15, 0.2) is 0 Å². The lowest BCUT2D eigenvalue weighted by atomic mass is 9.99. The van der Waals surface area contributed by atoms with Gasteiger partial charge >= 0.3 is 0 Å². The fraction of sp³-hybridized carbons (Fsp3) is 0.917. The molecule has 14 heavy (non-hydrogen) atoms. The molecule has 0 rings (SSSR count). The minimum atomic E-state index is 0.106. The third kappa shape index (κ3) is 8.09. The van der Waals surface area contributed by atoms with Gasteiger partial charge in [0.15, 0.2) is 0 Å². The van der Waals surface area contributed by atoms with Crippen molar-refractivity contribution in [1.29, 1.82) is 0 Å². The number of nitrogens with one attached hydrogen (secondary N) is 1. The van der Waals surface area contributed by atoms with Crippen LogP contribution in [-0.4, -0.2) is 11.9 Å². The molecule has 1 N–H and O–H groups in total. The predicted octanol–water partition coefficient (Wildman–Crippen LogP) is 3.12. The number of carbonyl (C=O) groups excluding carboxylic acids is 1. The lowest BCUT2D eigenvalue weighted by Gasteiger charge is -2.18. The van der Waals surface area contributed by atoms with E-state index in [1.54, 1.807) is 6.92 Å². The van der Waals surface area contributed by atoms with Gasteiger partial charge in [-0.3, -0.25) is 4.79 Å². The number of unbranched alkanes of at least 4 members (excludes halogenated alkanes) is 1. The summed E-state index contributed by atoms with van der Waals surface area (Å²) in [5.41, 5.74) is 0. The van der Waals surface area contributed by atoms with Crippen molar-refractivity contribution in [3.63, 3.8) is 0 Å². The van der Waals surface area contributed by atoms with Crippen LogP contribution in [-0.2, 0) is 4.79 Å². The smallest absolute Gasteiger partial charge is 0.217 e. The van der Waals surface area contributed by atoms with Gasteiger partial charge in [0.25, 0.3) is 0 Å². The average molecular weight is 199 g/mol. The van der Waals surface area contributed by atoms with Gasteiger partial charge in [-0.15, -0.1) is 0 Å². The van der Waals surface area contributed by atoms with E-state index < -0.39 is 0 Å². The van der Waals surface area contributed by atoms with Gasteiger partial charge in [-0.05, 0) is 25.2 Å². The highest BCUT2D eigenvalue weighted by molar-refractivity contribution is 5.73. The van der Waals surface area contributed by atoms with Crippen LogP contribution < -0.4 is 5.32 Å². The second-order valence-corrected chi connectivity index (χ2v) is 4.51. The Labute approximate surface area is 88.5 Å². The fourth-order valence-electron chi connectivity index (χ4n) is 1.56. The van der Waals surface area contributed by atoms with Crippen molar-refractivity contribution in [3.05, 3.63) is 0 Å². The van der Waals surface area contributed by atoms with Gasteiger partial charge in [0, 0.05) is 13.0 Å². The van der Waals surface area contributed by atoms with E-state index in [1.165, 1.54) is 19.3 Å². The highest BCUT2D eigenvalue weighted by atomic mass is 16.1. The summed E-state index contributed by atoms with van der Waals surface area (Å²) in [6.45, 7) is 8.25. The summed E-state index contributed by atoms with van der Waals surface area (Å²) in [5, 5.41) is 3.03. The van der Waals surface area contributed by atoms with Gasteiger partial charge in [-0.25, -0.2) is 0 Å². The molecule has 0 fully saturated rings. The summed E-state index contributed by atoms with van der Waals surface area (Å²) in [7, 11) is 0. The Bertz CT molecular complexity index is 154. The number of hydrogen-bond acceptors (Lipinski definition) is 1. The highest BCUT2D eigenvalue weighted by Gasteiger charge is 2.09. The van der Waals surface area contributed by atoms with Crippen molar-refractivity contribution < 1.29 is 4.79 Å². The second kappa shape index (κ2) is 7.84. The van der Waals surface area contributed by atoms with E-state index in [0.29, 0.717) is 6.04 Å². The molecule has 0 saturated carbocycles. The summed E-state index contributed by atoms with van der Waals surface area (Å²) in [4.78, 5) is 11.0. The van der Waals surface area contributed by atoms with Crippen LogP contribution in [0.25, 0.3) is 0 Å². The summed E-state index contributed by atoms with van der Waals surface area (Å²) >= 11 is 0. The minimum absolute atomic E-state index is 0.106. The van der Waals surface area contributed by atoms with Crippen LogP contribution in [0.1, 0.15) is 59.8 Å². The molecule has 1 atom stereocenters. The maximum atomic E-state index is 11.0. The van der Waals surface area contributed by atoms with E-state index in [0.717, 1.165) is 18.8 Å². The van der Waals surface area contributed by atoms with Crippen molar-refractivity contribution in [3.8, 4) is 0 Å². The lowest BCUT2D eigenvalue weighted by Crippen LogP contribution is -2.33. The van der Waals surface area contributed by atoms with Gasteiger partial charge in [-0.1, -0.05) is 33.6 Å². The van der Waals surface area contributed by atoms with E-state index in [9.17, 15) is 4.79 Å². The molecule has 1 amide bonds. The third-order valence-corrected chi connectivity index (χ3v) is 2.41. The van der Waals surface area contributed by atoms with Crippen molar-refractivity contribution in [2.24, 2.45) is 5.92 Å². The molecule has 0 radical (unpaired) electrons. The monoisotopic (exact) mass is 199 g/mol. The van der Waals surface area contributed by atoms with Gasteiger partial charge in [0.2, 0.25) is 5.91 Å². The second-order valence-electron chi connectivity index (χ2n) is 4.51. The molecule has 84 valence electrons. The standard InChI is InChI=1S/C12H25NO/c1-5-6-7-12(13-11(4)14)9-8-10(2)3/h10,12H,5-9H2,1-4H3,(H,13,14). The van der Waals surface area contributed by atoms with Crippen molar-refractivity contribution in [2.75, 3.05) is 0 Å². The number of carbonyl (C=O) groups is 1. The molecule has 0 heterocycles. The molecule has 0 aromatic heterocycles. The first kappa shape index (κ1) is 13.5. The summed E-state index contributed by atoms with van der Waals surface area (Å²) in [6.07, 6.45) is 5.87. The van der Waals surface area contributed by atoms with Gasteiger partial charge in [-0.2, -0.15) is 0 Å². The van der Waals surface area contributed by atoms with E-state index in [2.05, 4.69) is 26.1 Å². The summed E-state index contributed by atoms with van der Waals surface area (Å²) < 4.78 is 0. The fourth-order valence-corrected chi connectivity index (χ4v) is 1.56. The van der Waals surface area contributed by atoms with Gasteiger partial charge < -0.3 is 5.32 Å². The molecule has 0 aliphatic rings. The number of rotatable bonds is 7. The first-order valence-corrected chi connectivity index (χ1v) is 5.83. The van der Waals surface area contributed by atoms with Crippen molar-refractivity contribution in [2.45, 2.75) is 65.8 Å². The first-order valence-electron chi connectivity index (χ1n) is 5.83. The molecular weight excluding hydrogens is 174 g/mol. The number of amides is 1. The molecule has 0 bridgehead atoms. The van der Waals surface area contributed by atoms with E-state index in [1.807, 2.05) is 0 Å². The molecule has 0 aromatic rings. The maximum absolute atomic E-state index is 11.0. The molecule has 1 unspecified atom stereocenters. The molecule has 0 aromatic carbocycles. The van der Waals surface area contributed by atoms with Crippen LogP contribution in [0.3, 0.4) is 0 Å². The Balaban J connectivity index is 3.78. The van der Waals surface area contributed by atoms with Gasteiger partial charge in [0.1, 0.15) is 0 Å². The maximum Gasteiger partial charge on any atom is 0.217 e. The molecule has 0 aliphatic carbocycles. The average Bonchev–Trinajstić information content (AvgIpc) is 2.09. The zero-order valence-electron chi connectivity index (χ0n) is 10.1. The molecular formula is C12H25NO. The third-order valence-electron chi connectivity index (χ3n) is 2.41. The van der Waals surface area contributed by atoms with E-state index in [4.69, 9.17) is 0 Å². The quantitative estimate of drug-likeness (QED) is 0.670. The first-order chi connectivity index (χ1) is 6.56. The molecule has 0 saturated heterocycles.